The van der Waals surface area contributed by atoms with Crippen molar-refractivity contribution in [3.8, 4) is 34.2 Å². The summed E-state index contributed by atoms with van der Waals surface area (Å²) >= 11 is 0. The van der Waals surface area contributed by atoms with E-state index in [2.05, 4.69) is 163 Å². The van der Waals surface area contributed by atoms with Gasteiger partial charge in [0.2, 0.25) is 0 Å². The lowest BCUT2D eigenvalue weighted by molar-refractivity contribution is 1.06. The highest BCUT2D eigenvalue weighted by molar-refractivity contribution is 6.09. The van der Waals surface area contributed by atoms with E-state index in [-0.39, 0.29) is 0 Å². The molecule has 0 N–H and O–H groups in total. The number of para-hydroxylation sites is 3. The third-order valence-corrected chi connectivity index (χ3v) is 8.96. The minimum atomic E-state index is 0.762. The van der Waals surface area contributed by atoms with Gasteiger partial charge in [0.05, 0.1) is 16.7 Å². The molecule has 0 atom stereocenters. The molecule has 232 valence electrons. The Kier molecular flexibility index (Phi) is 7.02. The van der Waals surface area contributed by atoms with E-state index in [0.717, 1.165) is 51.2 Å². The van der Waals surface area contributed by atoms with Crippen molar-refractivity contribution in [2.24, 2.45) is 0 Å². The number of aromatic nitrogens is 5. The van der Waals surface area contributed by atoms with Crippen LogP contribution < -0.4 is 4.90 Å². The van der Waals surface area contributed by atoms with Gasteiger partial charge in [-0.25, -0.2) is 0 Å². The number of anilines is 3. The molecule has 49 heavy (non-hydrogen) atoms. The number of hydrogen-bond donors (Lipinski definition) is 0. The molecule has 0 spiro atoms. The predicted molar refractivity (Wildman–Crippen MR) is 199 cm³/mol. The zero-order valence-corrected chi connectivity index (χ0v) is 26.5. The molecular weight excluding hydrogens is 601 g/mol. The van der Waals surface area contributed by atoms with Gasteiger partial charge in [0.15, 0.2) is 11.6 Å². The molecule has 0 saturated heterocycles. The molecule has 0 aliphatic carbocycles. The van der Waals surface area contributed by atoms with Gasteiger partial charge >= 0.3 is 0 Å². The molecule has 6 aromatic carbocycles. The van der Waals surface area contributed by atoms with Crippen molar-refractivity contribution in [1.29, 1.82) is 0 Å². The standard InChI is InChI=1S/C43H30N6/c1-3-11-31(12-4-1)42-45-46-43(49(42)37-27-29-44-30-28-37)32-19-21-34(22-20-32)47(33-13-5-2-6-14-33)35-23-25-36(26-24-35)48-40-17-9-7-15-38(40)39-16-8-10-18-41(39)48/h1-30H. The second-order valence-corrected chi connectivity index (χ2v) is 11.9. The highest BCUT2D eigenvalue weighted by Crippen LogP contribution is 2.38. The minimum absolute atomic E-state index is 0.762. The third kappa shape index (κ3) is 5.03. The van der Waals surface area contributed by atoms with E-state index in [1.54, 1.807) is 12.4 Å². The summed E-state index contributed by atoms with van der Waals surface area (Å²) in [6.45, 7) is 0. The average molecular weight is 631 g/mol. The monoisotopic (exact) mass is 630 g/mol. The Labute approximate surface area is 283 Å². The zero-order valence-electron chi connectivity index (χ0n) is 26.5. The van der Waals surface area contributed by atoms with Crippen LogP contribution in [-0.2, 0) is 0 Å². The number of fused-ring (bicyclic) bond motifs is 3. The molecule has 0 bridgehead atoms. The number of pyridine rings is 1. The van der Waals surface area contributed by atoms with Gasteiger partial charge in [0, 0.05) is 57.0 Å². The molecule has 0 aliphatic heterocycles. The Morgan fingerprint density at radius 2 is 0.816 bits per heavy atom. The van der Waals surface area contributed by atoms with Crippen LogP contribution in [-0.4, -0.2) is 24.3 Å². The summed E-state index contributed by atoms with van der Waals surface area (Å²) in [6, 6.07) is 59.2. The molecule has 9 rings (SSSR count). The summed E-state index contributed by atoms with van der Waals surface area (Å²) in [4.78, 5) is 6.51. The Bertz CT molecular complexity index is 2470. The maximum absolute atomic E-state index is 4.68. The van der Waals surface area contributed by atoms with E-state index < -0.39 is 0 Å². The maximum atomic E-state index is 4.68. The molecular formula is C43H30N6. The summed E-state index contributed by atoms with van der Waals surface area (Å²) in [7, 11) is 0. The van der Waals surface area contributed by atoms with Crippen LogP contribution in [0.4, 0.5) is 17.1 Å². The fourth-order valence-electron chi connectivity index (χ4n) is 6.72. The summed E-state index contributed by atoms with van der Waals surface area (Å²) in [5.74, 6) is 1.54. The maximum Gasteiger partial charge on any atom is 0.168 e. The first kappa shape index (κ1) is 28.4. The summed E-state index contributed by atoms with van der Waals surface area (Å²) in [5.41, 5.74) is 9.60. The van der Waals surface area contributed by atoms with Crippen LogP contribution in [0, 0.1) is 0 Å². The van der Waals surface area contributed by atoms with Crippen LogP contribution in [0.5, 0.6) is 0 Å². The van der Waals surface area contributed by atoms with Crippen LogP contribution in [0.15, 0.2) is 182 Å². The quantitative estimate of drug-likeness (QED) is 0.176. The lowest BCUT2D eigenvalue weighted by atomic mass is 10.1. The second kappa shape index (κ2) is 12.1. The van der Waals surface area contributed by atoms with Crippen LogP contribution in [0.2, 0.25) is 0 Å². The molecule has 9 aromatic rings. The number of rotatable bonds is 7. The molecule has 0 amide bonds. The molecule has 0 fully saturated rings. The van der Waals surface area contributed by atoms with Crippen LogP contribution in [0.25, 0.3) is 56.0 Å². The summed E-state index contributed by atoms with van der Waals surface area (Å²) in [5, 5.41) is 11.8. The van der Waals surface area contributed by atoms with Crippen molar-refractivity contribution in [3.05, 3.63) is 182 Å². The van der Waals surface area contributed by atoms with E-state index in [9.17, 15) is 0 Å². The van der Waals surface area contributed by atoms with Crippen LogP contribution in [0.1, 0.15) is 0 Å². The number of benzene rings is 6. The van der Waals surface area contributed by atoms with Crippen molar-refractivity contribution in [2.75, 3.05) is 4.90 Å². The highest BCUT2D eigenvalue weighted by Gasteiger charge is 2.19. The smallest absolute Gasteiger partial charge is 0.168 e. The second-order valence-electron chi connectivity index (χ2n) is 11.9. The number of hydrogen-bond acceptors (Lipinski definition) is 4. The molecule has 6 nitrogen and oxygen atoms in total. The molecule has 0 unspecified atom stereocenters. The Balaban J connectivity index is 1.12. The van der Waals surface area contributed by atoms with Crippen molar-refractivity contribution < 1.29 is 0 Å². The first-order valence-corrected chi connectivity index (χ1v) is 16.3. The Morgan fingerprint density at radius 3 is 1.41 bits per heavy atom. The fraction of sp³-hybridized carbons (Fsp3) is 0. The normalized spacial score (nSPS) is 11.3. The van der Waals surface area contributed by atoms with Gasteiger partial charge < -0.3 is 9.47 Å². The van der Waals surface area contributed by atoms with Gasteiger partial charge in [-0.15, -0.1) is 10.2 Å². The van der Waals surface area contributed by atoms with Gasteiger partial charge in [0.25, 0.3) is 0 Å². The SMILES string of the molecule is c1ccc(-c2nnc(-c3ccc(N(c4ccccc4)c4ccc(-n5c6ccccc6c6ccccc65)cc4)cc3)n2-c2ccncc2)cc1. The van der Waals surface area contributed by atoms with Gasteiger partial charge in [-0.05, 0) is 84.9 Å². The topological polar surface area (TPSA) is 51.8 Å². The molecule has 3 heterocycles. The van der Waals surface area contributed by atoms with E-state index in [4.69, 9.17) is 0 Å². The van der Waals surface area contributed by atoms with Crippen LogP contribution in [0.3, 0.4) is 0 Å². The first-order valence-electron chi connectivity index (χ1n) is 16.3. The lowest BCUT2D eigenvalue weighted by Crippen LogP contribution is -2.10. The fourth-order valence-corrected chi connectivity index (χ4v) is 6.72. The van der Waals surface area contributed by atoms with E-state index in [0.29, 0.717) is 0 Å². The van der Waals surface area contributed by atoms with Gasteiger partial charge in [-0.3, -0.25) is 9.55 Å². The largest absolute Gasteiger partial charge is 0.311 e. The van der Waals surface area contributed by atoms with Gasteiger partial charge in [-0.2, -0.15) is 0 Å². The molecule has 3 aromatic heterocycles. The van der Waals surface area contributed by atoms with Crippen LogP contribution >= 0.6 is 0 Å². The van der Waals surface area contributed by atoms with E-state index in [1.165, 1.54) is 21.8 Å². The summed E-state index contributed by atoms with van der Waals surface area (Å²) < 4.78 is 4.44. The first-order chi connectivity index (χ1) is 24.3. The lowest BCUT2D eigenvalue weighted by Gasteiger charge is -2.26. The Hall–Kier alpha value is -6.79. The van der Waals surface area contributed by atoms with Crippen molar-refractivity contribution in [3.63, 3.8) is 0 Å². The predicted octanol–water partition coefficient (Wildman–Crippen LogP) is 10.6. The molecule has 0 radical (unpaired) electrons. The minimum Gasteiger partial charge on any atom is -0.311 e. The van der Waals surface area contributed by atoms with Gasteiger partial charge in [0.1, 0.15) is 0 Å². The average Bonchev–Trinajstić information content (AvgIpc) is 3.77. The molecule has 0 aliphatic rings. The zero-order chi connectivity index (χ0) is 32.6. The molecule has 0 saturated carbocycles. The van der Waals surface area contributed by atoms with E-state index >= 15 is 0 Å². The van der Waals surface area contributed by atoms with Gasteiger partial charge in [-0.1, -0.05) is 84.9 Å². The number of nitrogens with zero attached hydrogens (tertiary/aromatic N) is 6. The van der Waals surface area contributed by atoms with Crippen molar-refractivity contribution in [2.45, 2.75) is 0 Å². The summed E-state index contributed by atoms with van der Waals surface area (Å²) in [6.07, 6.45) is 3.59. The van der Waals surface area contributed by atoms with Crippen molar-refractivity contribution >= 4 is 38.9 Å². The highest BCUT2D eigenvalue weighted by atomic mass is 15.3. The van der Waals surface area contributed by atoms with Crippen molar-refractivity contribution in [1.82, 2.24) is 24.3 Å². The van der Waals surface area contributed by atoms with E-state index in [1.807, 2.05) is 36.4 Å². The Morgan fingerprint density at radius 1 is 0.367 bits per heavy atom. The molecule has 6 heteroatoms. The third-order valence-electron chi connectivity index (χ3n) is 8.96.